The maximum Gasteiger partial charge on any atom is 0.182 e. The molecule has 0 unspecified atom stereocenters. The van der Waals surface area contributed by atoms with Gasteiger partial charge in [0.2, 0.25) is 0 Å². The lowest BCUT2D eigenvalue weighted by molar-refractivity contribution is 0.334. The number of aromatic nitrogens is 4. The SMILES string of the molecule is CC1(C)CCC(C)(C)c2c1cc(-c1c3ccccc3c(-c3nc(-c4ccccc4)nc(-c4ccccn4)n3)c3ccccc13)c1ccccc21. The Balaban J connectivity index is 1.40. The zero-order valence-electron chi connectivity index (χ0n) is 28.9. The molecule has 1 aliphatic carbocycles. The van der Waals surface area contributed by atoms with Crippen LogP contribution in [0.4, 0.5) is 0 Å². The molecular weight excluding hydrogens is 609 g/mol. The molecule has 0 aliphatic heterocycles. The molecular formula is C46H38N4. The highest BCUT2D eigenvalue weighted by atomic mass is 15.0. The topological polar surface area (TPSA) is 51.6 Å². The summed E-state index contributed by atoms with van der Waals surface area (Å²) >= 11 is 0. The van der Waals surface area contributed by atoms with Gasteiger partial charge in [-0.3, -0.25) is 4.98 Å². The summed E-state index contributed by atoms with van der Waals surface area (Å²) in [6.45, 7) is 9.68. The van der Waals surface area contributed by atoms with Crippen LogP contribution in [0.1, 0.15) is 51.7 Å². The predicted octanol–water partition coefficient (Wildman–Crippen LogP) is 11.7. The Morgan fingerprint density at radius 3 is 1.62 bits per heavy atom. The molecule has 50 heavy (non-hydrogen) atoms. The predicted molar refractivity (Wildman–Crippen MR) is 207 cm³/mol. The molecule has 0 amide bonds. The summed E-state index contributed by atoms with van der Waals surface area (Å²) in [7, 11) is 0. The van der Waals surface area contributed by atoms with Gasteiger partial charge in [0.15, 0.2) is 17.5 Å². The van der Waals surface area contributed by atoms with E-state index < -0.39 is 0 Å². The second-order valence-electron chi connectivity index (χ2n) is 14.9. The highest BCUT2D eigenvalue weighted by Gasteiger charge is 2.39. The van der Waals surface area contributed by atoms with E-state index in [1.807, 2.05) is 48.5 Å². The van der Waals surface area contributed by atoms with Crippen molar-refractivity contribution in [3.8, 4) is 45.4 Å². The number of benzene rings is 6. The van der Waals surface area contributed by atoms with Crippen LogP contribution in [0.5, 0.6) is 0 Å². The summed E-state index contributed by atoms with van der Waals surface area (Å²) in [6, 6.07) is 45.1. The Hall–Kier alpha value is -5.74. The van der Waals surface area contributed by atoms with E-state index in [1.165, 1.54) is 50.2 Å². The number of hydrogen-bond acceptors (Lipinski definition) is 4. The summed E-state index contributed by atoms with van der Waals surface area (Å²) in [5, 5.41) is 7.24. The second kappa shape index (κ2) is 11.4. The second-order valence-corrected chi connectivity index (χ2v) is 14.9. The zero-order valence-corrected chi connectivity index (χ0v) is 28.9. The van der Waals surface area contributed by atoms with Gasteiger partial charge in [-0.25, -0.2) is 15.0 Å². The van der Waals surface area contributed by atoms with Gasteiger partial charge in [0.1, 0.15) is 5.69 Å². The van der Waals surface area contributed by atoms with Crippen LogP contribution in [0, 0.1) is 0 Å². The fourth-order valence-electron chi connectivity index (χ4n) is 8.20. The van der Waals surface area contributed by atoms with Crippen molar-refractivity contribution >= 4 is 32.3 Å². The normalized spacial score (nSPS) is 15.0. The third-order valence-electron chi connectivity index (χ3n) is 10.8. The van der Waals surface area contributed by atoms with E-state index in [2.05, 4.69) is 112 Å². The molecule has 0 saturated heterocycles. The molecule has 0 radical (unpaired) electrons. The summed E-state index contributed by atoms with van der Waals surface area (Å²) in [4.78, 5) is 19.9. The van der Waals surface area contributed by atoms with E-state index >= 15 is 0 Å². The average Bonchev–Trinajstić information content (AvgIpc) is 3.15. The maximum atomic E-state index is 5.19. The van der Waals surface area contributed by atoms with Crippen molar-refractivity contribution in [2.45, 2.75) is 51.4 Å². The minimum Gasteiger partial charge on any atom is -0.253 e. The van der Waals surface area contributed by atoms with Gasteiger partial charge >= 0.3 is 0 Å². The van der Waals surface area contributed by atoms with Gasteiger partial charge in [0.05, 0.1) is 0 Å². The third kappa shape index (κ3) is 4.81. The van der Waals surface area contributed by atoms with Crippen molar-refractivity contribution in [2.24, 2.45) is 0 Å². The summed E-state index contributed by atoms with van der Waals surface area (Å²) in [5.41, 5.74) is 8.30. The van der Waals surface area contributed by atoms with E-state index in [4.69, 9.17) is 15.0 Å². The lowest BCUT2D eigenvalue weighted by atomic mass is 9.61. The standard InChI is InChI=1S/C46H38N4/c1-45(2)25-26-46(3,4)41-35-23-13-8-18-30(35)36(28-37(41)45)39-31-19-9-11-21-33(31)40(34-22-12-10-20-32(34)39)44-49-42(29-16-6-5-7-17-29)48-43(50-44)38-24-14-15-27-47-38/h5-24,27-28H,25-26H2,1-4H3. The van der Waals surface area contributed by atoms with Crippen LogP contribution in [0.25, 0.3) is 77.7 Å². The molecule has 4 heteroatoms. The van der Waals surface area contributed by atoms with Gasteiger partial charge in [0.25, 0.3) is 0 Å². The monoisotopic (exact) mass is 646 g/mol. The number of nitrogens with zero attached hydrogens (tertiary/aromatic N) is 4. The fraction of sp³-hybridized carbons (Fsp3) is 0.174. The van der Waals surface area contributed by atoms with Crippen LogP contribution in [0.3, 0.4) is 0 Å². The van der Waals surface area contributed by atoms with Gasteiger partial charge in [-0.2, -0.15) is 0 Å². The fourth-order valence-corrected chi connectivity index (χ4v) is 8.20. The van der Waals surface area contributed by atoms with Crippen molar-refractivity contribution in [3.05, 3.63) is 145 Å². The molecule has 0 bridgehead atoms. The number of rotatable bonds is 4. The average molecular weight is 647 g/mol. The molecule has 0 atom stereocenters. The highest BCUT2D eigenvalue weighted by Crippen LogP contribution is 2.52. The van der Waals surface area contributed by atoms with Crippen LogP contribution in [-0.2, 0) is 10.8 Å². The van der Waals surface area contributed by atoms with Crippen molar-refractivity contribution in [2.75, 3.05) is 0 Å². The Bertz CT molecular complexity index is 2470. The van der Waals surface area contributed by atoms with Gasteiger partial charge in [-0.05, 0) is 96.4 Å². The Labute approximate surface area is 292 Å². The van der Waals surface area contributed by atoms with Gasteiger partial charge in [-0.1, -0.05) is 137 Å². The molecule has 1 aliphatic rings. The van der Waals surface area contributed by atoms with Crippen molar-refractivity contribution in [1.82, 2.24) is 19.9 Å². The first-order valence-electron chi connectivity index (χ1n) is 17.5. The molecule has 2 aromatic heterocycles. The zero-order chi connectivity index (χ0) is 34.0. The van der Waals surface area contributed by atoms with E-state index in [0.29, 0.717) is 23.2 Å². The summed E-state index contributed by atoms with van der Waals surface area (Å²) in [5.74, 6) is 1.81. The number of fused-ring (bicyclic) bond motifs is 5. The molecule has 4 nitrogen and oxygen atoms in total. The van der Waals surface area contributed by atoms with Gasteiger partial charge in [0, 0.05) is 17.3 Å². The first-order chi connectivity index (χ1) is 24.3. The molecule has 0 saturated carbocycles. The first-order valence-corrected chi connectivity index (χ1v) is 17.5. The van der Waals surface area contributed by atoms with Crippen LogP contribution in [0.15, 0.2) is 134 Å². The third-order valence-corrected chi connectivity index (χ3v) is 10.8. The number of pyridine rings is 1. The molecule has 6 aromatic carbocycles. The summed E-state index contributed by atoms with van der Waals surface area (Å²) < 4.78 is 0. The van der Waals surface area contributed by atoms with Crippen molar-refractivity contribution in [1.29, 1.82) is 0 Å². The number of hydrogen-bond donors (Lipinski definition) is 0. The molecule has 8 aromatic rings. The lowest BCUT2D eigenvalue weighted by Gasteiger charge is -2.43. The van der Waals surface area contributed by atoms with E-state index in [-0.39, 0.29) is 10.8 Å². The van der Waals surface area contributed by atoms with Crippen LogP contribution >= 0.6 is 0 Å². The van der Waals surface area contributed by atoms with Crippen LogP contribution < -0.4 is 0 Å². The van der Waals surface area contributed by atoms with Crippen molar-refractivity contribution < 1.29 is 0 Å². The minimum absolute atomic E-state index is 0.0653. The Kier molecular flexibility index (Phi) is 6.93. The molecule has 9 rings (SSSR count). The van der Waals surface area contributed by atoms with E-state index in [1.54, 1.807) is 6.20 Å². The van der Waals surface area contributed by atoms with E-state index in [9.17, 15) is 0 Å². The minimum atomic E-state index is 0.0653. The molecule has 0 fully saturated rings. The Morgan fingerprint density at radius 1 is 0.460 bits per heavy atom. The largest absolute Gasteiger partial charge is 0.253 e. The Morgan fingerprint density at radius 2 is 0.980 bits per heavy atom. The van der Waals surface area contributed by atoms with Crippen molar-refractivity contribution in [3.63, 3.8) is 0 Å². The lowest BCUT2D eigenvalue weighted by Crippen LogP contribution is -2.34. The highest BCUT2D eigenvalue weighted by molar-refractivity contribution is 6.23. The molecule has 242 valence electrons. The maximum absolute atomic E-state index is 5.19. The van der Waals surface area contributed by atoms with Crippen LogP contribution in [0.2, 0.25) is 0 Å². The smallest absolute Gasteiger partial charge is 0.182 e. The van der Waals surface area contributed by atoms with Gasteiger partial charge in [-0.15, -0.1) is 0 Å². The molecule has 0 spiro atoms. The van der Waals surface area contributed by atoms with Crippen LogP contribution in [-0.4, -0.2) is 19.9 Å². The van der Waals surface area contributed by atoms with E-state index in [0.717, 1.165) is 28.3 Å². The quantitative estimate of drug-likeness (QED) is 0.179. The first kappa shape index (κ1) is 30.3. The molecule has 2 heterocycles. The van der Waals surface area contributed by atoms with Gasteiger partial charge < -0.3 is 0 Å². The summed E-state index contributed by atoms with van der Waals surface area (Å²) in [6.07, 6.45) is 4.12. The molecule has 0 N–H and O–H groups in total.